The molecule has 1 atom stereocenters. The summed E-state index contributed by atoms with van der Waals surface area (Å²) in [6.07, 6.45) is 7.35. The number of nitrogens with two attached hydrogens (primary N) is 1. The number of carbonyl (C=O) groups excluding carboxylic acids is 1. The van der Waals surface area contributed by atoms with Gasteiger partial charge in [-0.15, -0.1) is 0 Å². The van der Waals surface area contributed by atoms with Crippen molar-refractivity contribution in [1.82, 2.24) is 4.57 Å². The Labute approximate surface area is 193 Å². The molecule has 1 heterocycles. The highest BCUT2D eigenvalue weighted by Gasteiger charge is 2.31. The lowest BCUT2D eigenvalue weighted by Gasteiger charge is -2.25. The Morgan fingerprint density at radius 1 is 1.03 bits per heavy atom. The van der Waals surface area contributed by atoms with Gasteiger partial charge in [0.05, 0.1) is 11.4 Å². The van der Waals surface area contributed by atoms with E-state index in [1.54, 1.807) is 6.07 Å². The SMILES string of the molecule is NC(=O)C1CCCCc2c1c1c(OCC(=O)O)cccc1n2Cc1ccc(C2CCC2)cc1. The molecule has 1 saturated carbocycles. The van der Waals surface area contributed by atoms with Crippen molar-refractivity contribution >= 4 is 22.8 Å². The van der Waals surface area contributed by atoms with Crippen LogP contribution in [0, 0.1) is 0 Å². The average Bonchev–Trinajstić information content (AvgIpc) is 2.91. The van der Waals surface area contributed by atoms with Gasteiger partial charge in [0, 0.05) is 17.6 Å². The summed E-state index contributed by atoms with van der Waals surface area (Å²) in [6, 6.07) is 14.6. The summed E-state index contributed by atoms with van der Waals surface area (Å²) < 4.78 is 7.95. The van der Waals surface area contributed by atoms with Gasteiger partial charge in [-0.2, -0.15) is 0 Å². The highest BCUT2D eigenvalue weighted by atomic mass is 16.5. The molecule has 6 heteroatoms. The molecule has 33 heavy (non-hydrogen) atoms. The predicted octanol–water partition coefficient (Wildman–Crippen LogP) is 4.72. The maximum absolute atomic E-state index is 12.5. The summed E-state index contributed by atoms with van der Waals surface area (Å²) >= 11 is 0. The molecule has 1 unspecified atom stereocenters. The van der Waals surface area contributed by atoms with Gasteiger partial charge < -0.3 is 20.1 Å². The molecule has 0 radical (unpaired) electrons. The van der Waals surface area contributed by atoms with Gasteiger partial charge in [0.25, 0.3) is 0 Å². The summed E-state index contributed by atoms with van der Waals surface area (Å²) in [5.74, 6) is -0.571. The van der Waals surface area contributed by atoms with Crippen molar-refractivity contribution in [3.05, 3.63) is 64.8 Å². The third kappa shape index (κ3) is 4.10. The summed E-state index contributed by atoms with van der Waals surface area (Å²) in [4.78, 5) is 23.6. The van der Waals surface area contributed by atoms with E-state index in [0.29, 0.717) is 24.6 Å². The second-order valence-corrected chi connectivity index (χ2v) is 9.35. The van der Waals surface area contributed by atoms with E-state index in [1.807, 2.05) is 12.1 Å². The lowest BCUT2D eigenvalue weighted by atomic mass is 9.80. The molecule has 2 aliphatic rings. The van der Waals surface area contributed by atoms with Crippen LogP contribution in [0.15, 0.2) is 42.5 Å². The van der Waals surface area contributed by atoms with Crippen LogP contribution in [0.2, 0.25) is 0 Å². The summed E-state index contributed by atoms with van der Waals surface area (Å²) in [7, 11) is 0. The van der Waals surface area contributed by atoms with Crippen molar-refractivity contribution < 1.29 is 19.4 Å². The first-order valence-electron chi connectivity index (χ1n) is 11.9. The Hall–Kier alpha value is -3.28. The molecule has 5 rings (SSSR count). The fraction of sp³-hybridized carbons (Fsp3) is 0.407. The van der Waals surface area contributed by atoms with Gasteiger partial charge in [-0.25, -0.2) is 4.79 Å². The molecular weight excluding hydrogens is 416 g/mol. The van der Waals surface area contributed by atoms with E-state index in [4.69, 9.17) is 15.6 Å². The van der Waals surface area contributed by atoms with Gasteiger partial charge in [0.2, 0.25) is 5.91 Å². The van der Waals surface area contributed by atoms with Crippen LogP contribution in [0.25, 0.3) is 10.9 Å². The number of aromatic nitrogens is 1. The van der Waals surface area contributed by atoms with E-state index in [9.17, 15) is 9.59 Å². The summed E-state index contributed by atoms with van der Waals surface area (Å²) in [5.41, 5.74) is 11.5. The van der Waals surface area contributed by atoms with E-state index < -0.39 is 18.5 Å². The van der Waals surface area contributed by atoms with Crippen molar-refractivity contribution in [2.75, 3.05) is 6.61 Å². The number of aliphatic carboxylic acids is 1. The molecule has 1 fully saturated rings. The highest BCUT2D eigenvalue weighted by molar-refractivity contribution is 5.97. The number of carbonyl (C=O) groups is 2. The van der Waals surface area contributed by atoms with Crippen LogP contribution in [0.4, 0.5) is 0 Å². The number of nitrogens with zero attached hydrogens (tertiary/aromatic N) is 1. The molecular formula is C27H30N2O4. The fourth-order valence-electron chi connectivity index (χ4n) is 5.42. The highest BCUT2D eigenvalue weighted by Crippen LogP contribution is 2.42. The molecule has 0 bridgehead atoms. The van der Waals surface area contributed by atoms with Crippen LogP contribution < -0.4 is 10.5 Å². The van der Waals surface area contributed by atoms with Gasteiger partial charge in [-0.1, -0.05) is 43.2 Å². The molecule has 3 aromatic rings. The van der Waals surface area contributed by atoms with Crippen molar-refractivity contribution in [3.8, 4) is 5.75 Å². The lowest BCUT2D eigenvalue weighted by Crippen LogP contribution is -2.21. The normalized spacial score (nSPS) is 18.4. The van der Waals surface area contributed by atoms with Gasteiger partial charge in [-0.05, 0) is 66.8 Å². The number of carboxylic acids is 1. The predicted molar refractivity (Wildman–Crippen MR) is 127 cm³/mol. The number of fused-ring (bicyclic) bond motifs is 3. The Morgan fingerprint density at radius 2 is 1.82 bits per heavy atom. The Morgan fingerprint density at radius 3 is 2.48 bits per heavy atom. The fourth-order valence-corrected chi connectivity index (χ4v) is 5.42. The number of hydrogen-bond acceptors (Lipinski definition) is 3. The van der Waals surface area contributed by atoms with E-state index in [1.165, 1.54) is 30.4 Å². The van der Waals surface area contributed by atoms with Crippen molar-refractivity contribution in [2.24, 2.45) is 5.73 Å². The molecule has 1 amide bonds. The number of primary amides is 1. The standard InChI is InChI=1S/C27H30N2O4/c28-27(32)20-7-1-2-8-21-25(20)26-22(9-4-10-23(26)33-16-24(30)31)29(21)15-17-11-13-19(14-12-17)18-5-3-6-18/h4,9-14,18,20H,1-3,5-8,15-16H2,(H2,28,32)(H,30,31). The average molecular weight is 447 g/mol. The third-order valence-corrected chi connectivity index (χ3v) is 7.30. The van der Waals surface area contributed by atoms with Crippen LogP contribution >= 0.6 is 0 Å². The van der Waals surface area contributed by atoms with Gasteiger partial charge >= 0.3 is 5.97 Å². The second-order valence-electron chi connectivity index (χ2n) is 9.35. The first-order chi connectivity index (χ1) is 16.0. The Balaban J connectivity index is 1.61. The van der Waals surface area contributed by atoms with Crippen molar-refractivity contribution in [2.45, 2.75) is 63.3 Å². The molecule has 0 aliphatic heterocycles. The van der Waals surface area contributed by atoms with Crippen LogP contribution in [-0.2, 0) is 22.6 Å². The molecule has 3 N–H and O–H groups in total. The summed E-state index contributed by atoms with van der Waals surface area (Å²) in [6.45, 7) is 0.258. The van der Waals surface area contributed by atoms with E-state index in [2.05, 4.69) is 28.8 Å². The first kappa shape index (κ1) is 21.6. The van der Waals surface area contributed by atoms with E-state index >= 15 is 0 Å². The van der Waals surface area contributed by atoms with Gasteiger partial charge in [0.15, 0.2) is 6.61 Å². The molecule has 0 saturated heterocycles. The van der Waals surface area contributed by atoms with E-state index in [-0.39, 0.29) is 5.91 Å². The quantitative estimate of drug-likeness (QED) is 0.514. The minimum atomic E-state index is -1.03. The number of rotatable bonds is 7. The van der Waals surface area contributed by atoms with Crippen LogP contribution in [0.1, 0.15) is 72.7 Å². The summed E-state index contributed by atoms with van der Waals surface area (Å²) in [5, 5.41) is 9.97. The molecule has 2 aliphatic carbocycles. The van der Waals surface area contributed by atoms with Gasteiger partial charge in [0.1, 0.15) is 5.75 Å². The number of carboxylic acid groups (broad SMARTS) is 1. The minimum Gasteiger partial charge on any atom is -0.481 e. The largest absolute Gasteiger partial charge is 0.481 e. The first-order valence-corrected chi connectivity index (χ1v) is 11.9. The zero-order valence-electron chi connectivity index (χ0n) is 18.8. The Kier molecular flexibility index (Phi) is 5.83. The molecule has 172 valence electrons. The number of amides is 1. The molecule has 2 aromatic carbocycles. The second kappa shape index (κ2) is 8.93. The molecule has 6 nitrogen and oxygen atoms in total. The zero-order valence-corrected chi connectivity index (χ0v) is 18.8. The number of benzene rings is 2. The monoisotopic (exact) mass is 446 g/mol. The number of hydrogen-bond donors (Lipinski definition) is 2. The van der Waals surface area contributed by atoms with Crippen LogP contribution in [-0.4, -0.2) is 28.2 Å². The van der Waals surface area contributed by atoms with Crippen LogP contribution in [0.3, 0.4) is 0 Å². The van der Waals surface area contributed by atoms with Crippen molar-refractivity contribution in [3.63, 3.8) is 0 Å². The van der Waals surface area contributed by atoms with Gasteiger partial charge in [-0.3, -0.25) is 4.79 Å². The molecule has 1 aromatic heterocycles. The maximum atomic E-state index is 12.5. The van der Waals surface area contributed by atoms with Crippen LogP contribution in [0.5, 0.6) is 5.75 Å². The lowest BCUT2D eigenvalue weighted by molar-refractivity contribution is -0.139. The topological polar surface area (TPSA) is 94.6 Å². The zero-order chi connectivity index (χ0) is 22.9. The smallest absolute Gasteiger partial charge is 0.341 e. The van der Waals surface area contributed by atoms with Crippen molar-refractivity contribution in [1.29, 1.82) is 0 Å². The third-order valence-electron chi connectivity index (χ3n) is 7.30. The number of ether oxygens (including phenoxy) is 1. The minimum absolute atomic E-state index is 0.338. The molecule has 0 spiro atoms. The van der Waals surface area contributed by atoms with E-state index in [0.717, 1.165) is 41.4 Å². The maximum Gasteiger partial charge on any atom is 0.341 e. The Bertz CT molecular complexity index is 1190.